The Labute approximate surface area is 202 Å². The quantitative estimate of drug-likeness (QED) is 0.513. The monoisotopic (exact) mass is 476 g/mol. The molecule has 0 aromatic heterocycles. The molecule has 174 valence electrons. The minimum atomic E-state index is -0.739. The van der Waals surface area contributed by atoms with Crippen LogP contribution in [0.25, 0.3) is 6.08 Å². The second-order valence-electron chi connectivity index (χ2n) is 7.21. The van der Waals surface area contributed by atoms with E-state index in [0.29, 0.717) is 28.2 Å². The van der Waals surface area contributed by atoms with Crippen LogP contribution in [0.3, 0.4) is 0 Å². The second-order valence-corrected chi connectivity index (χ2v) is 8.24. The molecule has 1 heterocycles. The highest BCUT2D eigenvalue weighted by Crippen LogP contribution is 2.40. The summed E-state index contributed by atoms with van der Waals surface area (Å²) >= 11 is 1.03. The molecule has 2 aromatic rings. The second kappa shape index (κ2) is 11.9. The summed E-state index contributed by atoms with van der Waals surface area (Å²) in [6.45, 7) is 3.82. The maximum absolute atomic E-state index is 12.5. The number of nitrogens with zero attached hydrogens (tertiary/aromatic N) is 2. The van der Waals surface area contributed by atoms with Crippen LogP contribution in [-0.4, -0.2) is 28.6 Å². The number of hydrogen-bond donors (Lipinski definition) is 1. The van der Waals surface area contributed by atoms with Crippen molar-refractivity contribution in [3.63, 3.8) is 0 Å². The molecule has 0 fully saturated rings. The normalized spacial score (nSPS) is 15.4. The summed E-state index contributed by atoms with van der Waals surface area (Å²) in [7, 11) is 0. The molecule has 0 atom stereocenters. The molecule has 8 heteroatoms. The molecular formula is C26H24N2O5S. The Morgan fingerprint density at radius 2 is 1.88 bits per heavy atom. The van der Waals surface area contributed by atoms with Crippen molar-refractivity contribution in [1.82, 2.24) is 0 Å². The van der Waals surface area contributed by atoms with E-state index < -0.39 is 5.97 Å². The van der Waals surface area contributed by atoms with E-state index in [1.165, 1.54) is 0 Å². The molecule has 0 saturated carbocycles. The Kier molecular flexibility index (Phi) is 8.66. The fraction of sp³-hybridized carbons (Fsp3) is 0.231. The molecule has 34 heavy (non-hydrogen) atoms. The van der Waals surface area contributed by atoms with Crippen molar-refractivity contribution in [2.45, 2.75) is 33.3 Å². The van der Waals surface area contributed by atoms with Crippen LogP contribution in [0.4, 0.5) is 0 Å². The van der Waals surface area contributed by atoms with Gasteiger partial charge in [0.05, 0.1) is 23.1 Å². The number of aliphatic imine (C=N–C) groups is 1. The van der Waals surface area contributed by atoms with E-state index in [2.05, 4.69) is 11.1 Å². The van der Waals surface area contributed by atoms with Gasteiger partial charge < -0.3 is 14.6 Å². The molecule has 2 aromatic carbocycles. The maximum atomic E-state index is 12.5. The van der Waals surface area contributed by atoms with Gasteiger partial charge in [-0.05, 0) is 31.6 Å². The fourth-order valence-corrected chi connectivity index (χ4v) is 4.18. The number of para-hydroxylation sites is 1. The largest absolute Gasteiger partial charge is 0.506 e. The Balaban J connectivity index is 1.94. The first-order valence-corrected chi connectivity index (χ1v) is 11.6. The van der Waals surface area contributed by atoms with Gasteiger partial charge in [-0.15, -0.1) is 0 Å². The number of rotatable bonds is 8. The summed E-state index contributed by atoms with van der Waals surface area (Å²) in [6, 6.07) is 16.5. The molecule has 0 radical (unpaired) electrons. The van der Waals surface area contributed by atoms with E-state index in [1.807, 2.05) is 31.2 Å². The fourth-order valence-electron chi connectivity index (χ4n) is 3.16. The summed E-state index contributed by atoms with van der Waals surface area (Å²) in [5, 5.41) is 20.2. The van der Waals surface area contributed by atoms with Crippen LogP contribution in [0.2, 0.25) is 0 Å². The number of aliphatic hydroxyl groups excluding tert-OH is 1. The van der Waals surface area contributed by atoms with Gasteiger partial charge in [0, 0.05) is 17.5 Å². The third-order valence-electron chi connectivity index (χ3n) is 4.79. The number of ether oxygens (including phenoxy) is 2. The van der Waals surface area contributed by atoms with E-state index in [4.69, 9.17) is 9.47 Å². The van der Waals surface area contributed by atoms with Crippen molar-refractivity contribution in [2.75, 3.05) is 6.61 Å². The summed E-state index contributed by atoms with van der Waals surface area (Å²) < 4.78 is 11.0. The van der Waals surface area contributed by atoms with Crippen LogP contribution in [0.15, 0.2) is 69.8 Å². The number of amides is 1. The van der Waals surface area contributed by atoms with E-state index >= 15 is 0 Å². The van der Waals surface area contributed by atoms with Crippen LogP contribution in [0.1, 0.15) is 43.4 Å². The zero-order valence-electron chi connectivity index (χ0n) is 18.9. The Bertz CT molecular complexity index is 1220. The third kappa shape index (κ3) is 5.94. The molecule has 1 N–H and O–H groups in total. The van der Waals surface area contributed by atoms with E-state index in [9.17, 15) is 20.0 Å². The van der Waals surface area contributed by atoms with Crippen LogP contribution >= 0.6 is 11.8 Å². The number of thioether (sulfide) groups is 1. The van der Waals surface area contributed by atoms with Crippen molar-refractivity contribution >= 4 is 34.8 Å². The summed E-state index contributed by atoms with van der Waals surface area (Å²) in [4.78, 5) is 28.9. The Morgan fingerprint density at radius 3 is 2.62 bits per heavy atom. The van der Waals surface area contributed by atoms with Gasteiger partial charge in [-0.1, -0.05) is 55.1 Å². The van der Waals surface area contributed by atoms with E-state index in [1.54, 1.807) is 37.3 Å². The van der Waals surface area contributed by atoms with Crippen LogP contribution in [0, 0.1) is 11.3 Å². The minimum Gasteiger partial charge on any atom is -0.506 e. The van der Waals surface area contributed by atoms with Crippen molar-refractivity contribution in [3.8, 4) is 11.8 Å². The lowest BCUT2D eigenvalue weighted by molar-refractivity contribution is -0.138. The summed E-state index contributed by atoms with van der Waals surface area (Å²) in [6.07, 6.45) is 2.52. The molecule has 0 aliphatic carbocycles. The zero-order valence-corrected chi connectivity index (χ0v) is 19.7. The van der Waals surface area contributed by atoms with Crippen molar-refractivity contribution in [3.05, 3.63) is 81.5 Å². The average Bonchev–Trinajstić information content (AvgIpc) is 3.13. The summed E-state index contributed by atoms with van der Waals surface area (Å²) in [5.41, 5.74) is 1.81. The van der Waals surface area contributed by atoms with Crippen molar-refractivity contribution in [2.24, 2.45) is 4.99 Å². The lowest BCUT2D eigenvalue weighted by Gasteiger charge is -2.11. The predicted octanol–water partition coefficient (Wildman–Crippen LogP) is 5.33. The molecular weight excluding hydrogens is 452 g/mol. The van der Waals surface area contributed by atoms with Gasteiger partial charge in [0.1, 0.15) is 28.7 Å². The SMILES string of the molecule is CCCC(=O)N=C1S/C(=C\c2ccccc2OCc2ccccc2C#N)C(O)=C1C(=O)OCC. The van der Waals surface area contributed by atoms with Crippen LogP contribution in [0.5, 0.6) is 5.75 Å². The maximum Gasteiger partial charge on any atom is 0.344 e. The van der Waals surface area contributed by atoms with Crippen molar-refractivity contribution < 1.29 is 24.2 Å². The van der Waals surface area contributed by atoms with Crippen LogP contribution < -0.4 is 4.74 Å². The number of aliphatic hydroxyl groups is 1. The molecule has 7 nitrogen and oxygen atoms in total. The minimum absolute atomic E-state index is 0.113. The van der Waals surface area contributed by atoms with Gasteiger partial charge >= 0.3 is 5.97 Å². The number of benzene rings is 2. The van der Waals surface area contributed by atoms with Crippen LogP contribution in [-0.2, 0) is 20.9 Å². The molecule has 0 unspecified atom stereocenters. The van der Waals surface area contributed by atoms with Crippen molar-refractivity contribution in [1.29, 1.82) is 5.26 Å². The van der Waals surface area contributed by atoms with Gasteiger partial charge in [0.25, 0.3) is 0 Å². The van der Waals surface area contributed by atoms with Gasteiger partial charge in [0.15, 0.2) is 0 Å². The summed E-state index contributed by atoms with van der Waals surface area (Å²) in [5.74, 6) is -0.880. The Hall–Kier alpha value is -3.83. The molecule has 3 rings (SSSR count). The highest BCUT2D eigenvalue weighted by atomic mass is 32.2. The first-order chi connectivity index (χ1) is 16.5. The number of hydrogen-bond acceptors (Lipinski definition) is 7. The van der Waals surface area contributed by atoms with Gasteiger partial charge in [-0.2, -0.15) is 5.26 Å². The highest BCUT2D eigenvalue weighted by Gasteiger charge is 2.33. The lowest BCUT2D eigenvalue weighted by atomic mass is 10.1. The number of nitriles is 1. The standard InChI is InChI=1S/C26H24N2O5S/c1-3-9-22(29)28-25-23(26(31)32-4-2)24(30)21(34-25)14-17-10-7-8-13-20(17)33-16-19-12-6-5-11-18(19)15-27/h5-8,10-14,30H,3-4,9,16H2,1-2H3/b21-14-,28-25?. The smallest absolute Gasteiger partial charge is 0.344 e. The first kappa shape index (κ1) is 24.8. The number of carbonyl (C=O) groups is 2. The Morgan fingerprint density at radius 1 is 1.15 bits per heavy atom. The predicted molar refractivity (Wildman–Crippen MR) is 131 cm³/mol. The lowest BCUT2D eigenvalue weighted by Crippen LogP contribution is -2.14. The van der Waals surface area contributed by atoms with E-state index in [-0.39, 0.29) is 41.9 Å². The zero-order chi connectivity index (χ0) is 24.5. The topological polar surface area (TPSA) is 109 Å². The third-order valence-corrected chi connectivity index (χ3v) is 5.81. The average molecular weight is 477 g/mol. The molecule has 0 spiro atoms. The number of carbonyl (C=O) groups excluding carboxylic acids is 2. The molecule has 1 aliphatic heterocycles. The first-order valence-electron chi connectivity index (χ1n) is 10.8. The highest BCUT2D eigenvalue weighted by molar-refractivity contribution is 8.18. The van der Waals surface area contributed by atoms with Gasteiger partial charge in [-0.3, -0.25) is 4.79 Å². The molecule has 1 amide bonds. The molecule has 0 saturated heterocycles. The van der Waals surface area contributed by atoms with E-state index in [0.717, 1.165) is 17.3 Å². The number of esters is 1. The molecule has 0 bridgehead atoms. The molecule has 1 aliphatic rings. The van der Waals surface area contributed by atoms with Gasteiger partial charge in [-0.25, -0.2) is 9.79 Å². The van der Waals surface area contributed by atoms with Gasteiger partial charge in [0.2, 0.25) is 5.91 Å².